The van der Waals surface area contributed by atoms with Gasteiger partial charge in [-0.1, -0.05) is 60.1 Å². The van der Waals surface area contributed by atoms with E-state index in [1.807, 2.05) is 30.3 Å². The minimum Gasteiger partial charge on any atom is -0.306 e. The molecular weight excluding hydrogens is 371 g/mol. The normalized spacial score (nSPS) is 12.8. The van der Waals surface area contributed by atoms with E-state index in [9.17, 15) is 13.2 Å². The fourth-order valence-corrected chi connectivity index (χ4v) is 3.10. The Morgan fingerprint density at radius 3 is 2.22 bits per heavy atom. The number of alkyl halides is 3. The Morgan fingerprint density at radius 1 is 0.926 bits per heavy atom. The Kier molecular flexibility index (Phi) is 5.88. The van der Waals surface area contributed by atoms with Crippen LogP contribution in [-0.4, -0.2) is 0 Å². The molecule has 0 aromatic heterocycles. The zero-order valence-electron chi connectivity index (χ0n) is 14.7. The molecule has 0 aliphatic carbocycles. The second-order valence-corrected chi connectivity index (χ2v) is 6.81. The van der Waals surface area contributed by atoms with E-state index in [1.165, 1.54) is 17.7 Å². The molecule has 0 amide bonds. The highest BCUT2D eigenvalue weighted by molar-refractivity contribution is 6.33. The van der Waals surface area contributed by atoms with Crippen LogP contribution in [0.5, 0.6) is 0 Å². The second kappa shape index (κ2) is 8.15. The van der Waals surface area contributed by atoms with Crippen LogP contribution >= 0.6 is 11.6 Å². The Labute approximate surface area is 161 Å². The van der Waals surface area contributed by atoms with Gasteiger partial charge >= 0.3 is 6.18 Å². The van der Waals surface area contributed by atoms with Gasteiger partial charge in [0.15, 0.2) is 0 Å². The quantitative estimate of drug-likeness (QED) is 0.501. The van der Waals surface area contributed by atoms with E-state index in [1.54, 1.807) is 6.07 Å². The first-order chi connectivity index (χ1) is 12.8. The average molecular weight is 390 g/mol. The number of benzene rings is 3. The van der Waals surface area contributed by atoms with Gasteiger partial charge in [-0.3, -0.25) is 0 Å². The molecule has 0 saturated heterocycles. The molecule has 5 heteroatoms. The molecule has 0 bridgehead atoms. The van der Waals surface area contributed by atoms with Crippen molar-refractivity contribution in [2.45, 2.75) is 25.7 Å². The Balaban J connectivity index is 1.76. The van der Waals surface area contributed by atoms with Gasteiger partial charge in [0, 0.05) is 23.2 Å². The predicted octanol–water partition coefficient (Wildman–Crippen LogP) is 6.88. The Hall–Kier alpha value is -2.30. The summed E-state index contributed by atoms with van der Waals surface area (Å²) < 4.78 is 38.2. The monoisotopic (exact) mass is 389 g/mol. The zero-order valence-corrected chi connectivity index (χ0v) is 15.5. The molecule has 0 aliphatic rings. The molecule has 3 aromatic carbocycles. The van der Waals surface area contributed by atoms with Crippen LogP contribution in [-0.2, 0) is 12.7 Å². The van der Waals surface area contributed by atoms with Crippen LogP contribution in [0.25, 0.3) is 11.1 Å². The van der Waals surface area contributed by atoms with Crippen molar-refractivity contribution >= 4 is 11.6 Å². The summed E-state index contributed by atoms with van der Waals surface area (Å²) in [4.78, 5) is 0. The molecule has 0 spiro atoms. The summed E-state index contributed by atoms with van der Waals surface area (Å²) in [7, 11) is 0. The smallest absolute Gasteiger partial charge is 0.306 e. The lowest BCUT2D eigenvalue weighted by Gasteiger charge is -2.15. The summed E-state index contributed by atoms with van der Waals surface area (Å²) in [6, 6.07) is 20.9. The SMILES string of the molecule is C[C@@H](NCc1ccc(Cl)c(-c2ccc(C(F)(F)F)cc2)c1)c1ccccc1. The van der Waals surface area contributed by atoms with Gasteiger partial charge in [0.25, 0.3) is 0 Å². The molecule has 0 saturated carbocycles. The van der Waals surface area contributed by atoms with Crippen molar-refractivity contribution in [3.05, 3.63) is 94.5 Å². The van der Waals surface area contributed by atoms with Crippen LogP contribution < -0.4 is 5.32 Å². The van der Waals surface area contributed by atoms with Gasteiger partial charge in [-0.15, -0.1) is 0 Å². The molecule has 0 fully saturated rings. The lowest BCUT2D eigenvalue weighted by Crippen LogP contribution is -2.18. The zero-order chi connectivity index (χ0) is 19.4. The molecule has 0 heterocycles. The van der Waals surface area contributed by atoms with Crippen LogP contribution in [0, 0.1) is 0 Å². The molecule has 1 N–H and O–H groups in total. The maximum absolute atomic E-state index is 12.7. The number of rotatable bonds is 5. The van der Waals surface area contributed by atoms with Gasteiger partial charge in [0.05, 0.1) is 5.56 Å². The first kappa shape index (κ1) is 19.5. The third kappa shape index (κ3) is 4.90. The first-order valence-corrected chi connectivity index (χ1v) is 8.97. The van der Waals surface area contributed by atoms with Gasteiger partial charge in [0.2, 0.25) is 0 Å². The summed E-state index contributed by atoms with van der Waals surface area (Å²) in [5.74, 6) is 0. The number of hydrogen-bond donors (Lipinski definition) is 1. The number of hydrogen-bond acceptors (Lipinski definition) is 1. The summed E-state index contributed by atoms with van der Waals surface area (Å²) in [5.41, 5.74) is 2.91. The number of nitrogens with one attached hydrogen (secondary N) is 1. The molecule has 0 radical (unpaired) electrons. The van der Waals surface area contributed by atoms with E-state index in [0.29, 0.717) is 17.1 Å². The van der Waals surface area contributed by atoms with E-state index in [2.05, 4.69) is 24.4 Å². The fourth-order valence-electron chi connectivity index (χ4n) is 2.87. The highest BCUT2D eigenvalue weighted by atomic mass is 35.5. The van der Waals surface area contributed by atoms with Crippen LogP contribution in [0.4, 0.5) is 13.2 Å². The standard InChI is InChI=1S/C22H19ClF3N/c1-15(17-5-3-2-4-6-17)27-14-16-7-12-21(23)20(13-16)18-8-10-19(11-9-18)22(24,25)26/h2-13,15,27H,14H2,1H3/t15-/m1/s1. The molecule has 0 unspecified atom stereocenters. The highest BCUT2D eigenvalue weighted by Gasteiger charge is 2.30. The van der Waals surface area contributed by atoms with Crippen molar-refractivity contribution in [3.8, 4) is 11.1 Å². The van der Waals surface area contributed by atoms with Gasteiger partial charge in [-0.25, -0.2) is 0 Å². The minimum atomic E-state index is -4.35. The first-order valence-electron chi connectivity index (χ1n) is 8.59. The van der Waals surface area contributed by atoms with Crippen LogP contribution in [0.2, 0.25) is 5.02 Å². The molecular formula is C22H19ClF3N. The van der Waals surface area contributed by atoms with Crippen molar-refractivity contribution in [2.75, 3.05) is 0 Å². The van der Waals surface area contributed by atoms with Crippen LogP contribution in [0.3, 0.4) is 0 Å². The van der Waals surface area contributed by atoms with E-state index < -0.39 is 11.7 Å². The molecule has 1 atom stereocenters. The summed E-state index contributed by atoms with van der Waals surface area (Å²) in [6.45, 7) is 2.71. The molecule has 1 nitrogen and oxygen atoms in total. The third-order valence-electron chi connectivity index (χ3n) is 4.47. The topological polar surface area (TPSA) is 12.0 Å². The Morgan fingerprint density at radius 2 is 1.59 bits per heavy atom. The van der Waals surface area contributed by atoms with E-state index in [4.69, 9.17) is 11.6 Å². The maximum atomic E-state index is 12.7. The number of halogens is 4. The van der Waals surface area contributed by atoms with E-state index in [0.717, 1.165) is 23.3 Å². The highest BCUT2D eigenvalue weighted by Crippen LogP contribution is 2.33. The lowest BCUT2D eigenvalue weighted by molar-refractivity contribution is -0.137. The van der Waals surface area contributed by atoms with E-state index >= 15 is 0 Å². The van der Waals surface area contributed by atoms with Crippen LogP contribution in [0.1, 0.15) is 29.7 Å². The summed E-state index contributed by atoms with van der Waals surface area (Å²) in [6.07, 6.45) is -4.35. The van der Waals surface area contributed by atoms with Crippen molar-refractivity contribution in [2.24, 2.45) is 0 Å². The Bertz CT molecular complexity index is 890. The summed E-state index contributed by atoms with van der Waals surface area (Å²) >= 11 is 6.28. The van der Waals surface area contributed by atoms with Crippen molar-refractivity contribution in [1.82, 2.24) is 5.32 Å². The van der Waals surface area contributed by atoms with Crippen LogP contribution in [0.15, 0.2) is 72.8 Å². The van der Waals surface area contributed by atoms with Crippen molar-refractivity contribution in [3.63, 3.8) is 0 Å². The van der Waals surface area contributed by atoms with Crippen molar-refractivity contribution < 1.29 is 13.2 Å². The van der Waals surface area contributed by atoms with Gasteiger partial charge in [-0.05, 0) is 47.9 Å². The molecule has 3 aromatic rings. The van der Waals surface area contributed by atoms with Gasteiger partial charge < -0.3 is 5.32 Å². The minimum absolute atomic E-state index is 0.177. The fraction of sp³-hybridized carbons (Fsp3) is 0.182. The average Bonchev–Trinajstić information content (AvgIpc) is 2.67. The van der Waals surface area contributed by atoms with E-state index in [-0.39, 0.29) is 6.04 Å². The molecule has 140 valence electrons. The molecule has 3 rings (SSSR count). The largest absolute Gasteiger partial charge is 0.416 e. The maximum Gasteiger partial charge on any atom is 0.416 e. The van der Waals surface area contributed by atoms with Gasteiger partial charge in [-0.2, -0.15) is 13.2 Å². The molecule has 27 heavy (non-hydrogen) atoms. The lowest BCUT2D eigenvalue weighted by atomic mass is 10.0. The molecule has 0 aliphatic heterocycles. The summed E-state index contributed by atoms with van der Waals surface area (Å²) in [5, 5.41) is 3.96. The predicted molar refractivity (Wildman–Crippen MR) is 104 cm³/mol. The van der Waals surface area contributed by atoms with Crippen molar-refractivity contribution in [1.29, 1.82) is 0 Å². The third-order valence-corrected chi connectivity index (χ3v) is 4.80. The second-order valence-electron chi connectivity index (χ2n) is 6.40. The van der Waals surface area contributed by atoms with Gasteiger partial charge in [0.1, 0.15) is 0 Å².